The summed E-state index contributed by atoms with van der Waals surface area (Å²) in [6.45, 7) is 2.01. The van der Waals surface area contributed by atoms with Crippen LogP contribution in [0, 0.1) is 24.7 Å². The van der Waals surface area contributed by atoms with E-state index in [0.717, 1.165) is 33.8 Å². The van der Waals surface area contributed by atoms with Gasteiger partial charge in [0.15, 0.2) is 0 Å². The molecule has 1 aromatic carbocycles. The third-order valence-electron chi connectivity index (χ3n) is 5.42. The molecule has 0 unspecified atom stereocenters. The molecule has 2 bridgehead atoms. The lowest BCUT2D eigenvalue weighted by Gasteiger charge is -2.20. The van der Waals surface area contributed by atoms with Gasteiger partial charge in [-0.25, -0.2) is 4.98 Å². The van der Waals surface area contributed by atoms with Crippen molar-refractivity contribution in [2.45, 2.75) is 39.0 Å². The maximum atomic E-state index is 12.3. The molecule has 2 aliphatic rings. The number of fused-ring (bicyclic) bond motifs is 2. The number of carbonyl (C=O) groups excluding carboxylic acids is 1. The number of aryl methyl sites for hydroxylation is 1. The molecule has 1 heterocycles. The van der Waals surface area contributed by atoms with E-state index in [4.69, 9.17) is 0 Å². The maximum absolute atomic E-state index is 12.3. The maximum Gasteiger partial charge on any atom is 0.224 e. The van der Waals surface area contributed by atoms with Crippen LogP contribution in [-0.2, 0) is 4.79 Å². The number of thiazole rings is 1. The third kappa shape index (κ3) is 3.18. The number of rotatable bonds is 4. The van der Waals surface area contributed by atoms with Crippen molar-refractivity contribution < 1.29 is 4.79 Å². The van der Waals surface area contributed by atoms with E-state index >= 15 is 0 Å². The van der Waals surface area contributed by atoms with Crippen LogP contribution in [0.5, 0.6) is 0 Å². The number of benzene rings is 1. The topological polar surface area (TPSA) is 42.0 Å². The van der Waals surface area contributed by atoms with Crippen molar-refractivity contribution in [3.05, 3.63) is 34.7 Å². The van der Waals surface area contributed by atoms with E-state index in [9.17, 15) is 4.79 Å². The number of hydrogen-bond donors (Lipinski definition) is 1. The highest BCUT2D eigenvalue weighted by atomic mass is 32.1. The van der Waals surface area contributed by atoms with Gasteiger partial charge in [0, 0.05) is 23.1 Å². The fourth-order valence-electron chi connectivity index (χ4n) is 4.30. The second kappa shape index (κ2) is 6.08. The number of aromatic nitrogens is 1. The van der Waals surface area contributed by atoms with Crippen molar-refractivity contribution in [2.75, 3.05) is 5.32 Å². The molecule has 120 valence electrons. The van der Waals surface area contributed by atoms with Gasteiger partial charge < -0.3 is 5.32 Å². The fraction of sp³-hybridized carbons (Fsp3) is 0.474. The molecule has 3 nitrogen and oxygen atoms in total. The number of hydrogen-bond acceptors (Lipinski definition) is 3. The zero-order valence-electron chi connectivity index (χ0n) is 13.4. The van der Waals surface area contributed by atoms with Crippen molar-refractivity contribution in [3.63, 3.8) is 0 Å². The van der Waals surface area contributed by atoms with E-state index in [1.807, 2.05) is 31.2 Å². The lowest BCUT2D eigenvalue weighted by atomic mass is 9.86. The Labute approximate surface area is 141 Å². The molecular formula is C19H22N2OS. The van der Waals surface area contributed by atoms with Crippen LogP contribution >= 0.6 is 11.3 Å². The Balaban J connectivity index is 1.36. The second-order valence-electron chi connectivity index (χ2n) is 7.02. The monoisotopic (exact) mass is 326 g/mol. The zero-order valence-corrected chi connectivity index (χ0v) is 14.2. The van der Waals surface area contributed by atoms with Crippen LogP contribution in [0.15, 0.2) is 29.6 Å². The third-order valence-corrected chi connectivity index (χ3v) is 6.19. The quantitative estimate of drug-likeness (QED) is 0.869. The first kappa shape index (κ1) is 14.9. The van der Waals surface area contributed by atoms with Crippen LogP contribution < -0.4 is 5.32 Å². The average molecular weight is 326 g/mol. The molecule has 3 atom stereocenters. The Hall–Kier alpha value is -1.68. The van der Waals surface area contributed by atoms with E-state index in [0.29, 0.717) is 12.3 Å². The first-order valence-corrected chi connectivity index (χ1v) is 9.38. The molecule has 1 aromatic heterocycles. The Morgan fingerprint density at radius 1 is 1.26 bits per heavy atom. The molecule has 0 spiro atoms. The minimum atomic E-state index is 0.166. The summed E-state index contributed by atoms with van der Waals surface area (Å²) in [5, 5.41) is 6.20. The summed E-state index contributed by atoms with van der Waals surface area (Å²) in [7, 11) is 0. The van der Waals surface area contributed by atoms with Crippen LogP contribution in [0.2, 0.25) is 0 Å². The molecule has 2 saturated carbocycles. The predicted octanol–water partition coefficient (Wildman–Crippen LogP) is 4.88. The minimum absolute atomic E-state index is 0.166. The van der Waals surface area contributed by atoms with Crippen LogP contribution in [-0.4, -0.2) is 10.9 Å². The molecular weight excluding hydrogens is 304 g/mol. The van der Waals surface area contributed by atoms with Crippen molar-refractivity contribution >= 4 is 22.9 Å². The van der Waals surface area contributed by atoms with E-state index < -0.39 is 0 Å². The standard InChI is InChI=1S/C19H22N2OS/c1-12-20-18(11-23-12)14-4-6-17(7-5-14)21-19(22)10-16-9-13-2-3-15(16)8-13/h4-7,11,13,15-16H,2-3,8-10H2,1H3,(H,21,22)/t13-,15-,16-/m1/s1. The van der Waals surface area contributed by atoms with E-state index in [1.54, 1.807) is 11.3 Å². The van der Waals surface area contributed by atoms with Crippen LogP contribution in [0.4, 0.5) is 5.69 Å². The smallest absolute Gasteiger partial charge is 0.224 e. The highest BCUT2D eigenvalue weighted by molar-refractivity contribution is 7.09. The average Bonchev–Trinajstić information content (AvgIpc) is 3.25. The molecule has 2 fully saturated rings. The zero-order chi connectivity index (χ0) is 15.8. The molecule has 2 aromatic rings. The number of nitrogens with one attached hydrogen (secondary N) is 1. The SMILES string of the molecule is Cc1nc(-c2ccc(NC(=O)C[C@H]3C[C@@H]4CC[C@@H]3C4)cc2)cs1. The molecule has 0 radical (unpaired) electrons. The molecule has 1 amide bonds. The van der Waals surface area contributed by atoms with Gasteiger partial charge in [-0.1, -0.05) is 18.6 Å². The lowest BCUT2D eigenvalue weighted by Crippen LogP contribution is -2.20. The first-order chi connectivity index (χ1) is 11.2. The largest absolute Gasteiger partial charge is 0.326 e. The normalized spacial score (nSPS) is 25.7. The Morgan fingerprint density at radius 3 is 2.70 bits per heavy atom. The van der Waals surface area contributed by atoms with Crippen LogP contribution in [0.25, 0.3) is 11.3 Å². The van der Waals surface area contributed by atoms with Gasteiger partial charge in [0.05, 0.1) is 10.7 Å². The molecule has 4 rings (SSSR count). The van der Waals surface area contributed by atoms with E-state index in [2.05, 4.69) is 15.7 Å². The second-order valence-corrected chi connectivity index (χ2v) is 8.08. The summed E-state index contributed by atoms with van der Waals surface area (Å²) in [6.07, 6.45) is 6.04. The van der Waals surface area contributed by atoms with Gasteiger partial charge in [0.25, 0.3) is 0 Å². The first-order valence-electron chi connectivity index (χ1n) is 8.50. The van der Waals surface area contributed by atoms with Crippen LogP contribution in [0.3, 0.4) is 0 Å². The van der Waals surface area contributed by atoms with E-state index in [-0.39, 0.29) is 5.91 Å². The van der Waals surface area contributed by atoms with Crippen LogP contribution in [0.1, 0.15) is 37.1 Å². The molecule has 2 aliphatic carbocycles. The van der Waals surface area contributed by atoms with Gasteiger partial charge in [-0.05, 0) is 56.1 Å². The van der Waals surface area contributed by atoms with Crippen molar-refractivity contribution in [1.29, 1.82) is 0 Å². The number of nitrogens with zero attached hydrogens (tertiary/aromatic N) is 1. The van der Waals surface area contributed by atoms with Crippen molar-refractivity contribution in [1.82, 2.24) is 4.98 Å². The summed E-state index contributed by atoms with van der Waals surface area (Å²) in [6, 6.07) is 8.01. The molecule has 23 heavy (non-hydrogen) atoms. The molecule has 0 saturated heterocycles. The molecule has 0 aliphatic heterocycles. The van der Waals surface area contributed by atoms with Gasteiger partial charge in [-0.2, -0.15) is 0 Å². The minimum Gasteiger partial charge on any atom is -0.326 e. The Bertz CT molecular complexity index is 706. The molecule has 4 heteroatoms. The Kier molecular flexibility index (Phi) is 3.93. The van der Waals surface area contributed by atoms with Gasteiger partial charge >= 0.3 is 0 Å². The summed E-state index contributed by atoms with van der Waals surface area (Å²) >= 11 is 1.66. The number of anilines is 1. The number of carbonyl (C=O) groups is 1. The van der Waals surface area contributed by atoms with Gasteiger partial charge in [0.1, 0.15) is 0 Å². The van der Waals surface area contributed by atoms with Gasteiger partial charge in [-0.3, -0.25) is 4.79 Å². The predicted molar refractivity (Wildman–Crippen MR) is 94.5 cm³/mol. The fourth-order valence-corrected chi connectivity index (χ4v) is 4.92. The summed E-state index contributed by atoms with van der Waals surface area (Å²) < 4.78 is 0. The molecule has 1 N–H and O–H groups in total. The highest BCUT2D eigenvalue weighted by Crippen LogP contribution is 2.49. The van der Waals surface area contributed by atoms with Crippen molar-refractivity contribution in [3.8, 4) is 11.3 Å². The van der Waals surface area contributed by atoms with Gasteiger partial charge in [0.2, 0.25) is 5.91 Å². The van der Waals surface area contributed by atoms with E-state index in [1.165, 1.54) is 25.7 Å². The van der Waals surface area contributed by atoms with Gasteiger partial charge in [-0.15, -0.1) is 11.3 Å². The summed E-state index contributed by atoms with van der Waals surface area (Å²) in [5.74, 6) is 2.49. The number of amides is 1. The highest BCUT2D eigenvalue weighted by Gasteiger charge is 2.40. The van der Waals surface area contributed by atoms with Crippen molar-refractivity contribution in [2.24, 2.45) is 17.8 Å². The summed E-state index contributed by atoms with van der Waals surface area (Å²) in [4.78, 5) is 16.8. The lowest BCUT2D eigenvalue weighted by molar-refractivity contribution is -0.117. The summed E-state index contributed by atoms with van der Waals surface area (Å²) in [5.41, 5.74) is 2.99. The Morgan fingerprint density at radius 2 is 2.09 bits per heavy atom.